The number of primary amides is 1. The van der Waals surface area contributed by atoms with E-state index < -0.39 is 0 Å². The molecule has 3 unspecified atom stereocenters. The Balaban J connectivity index is 1.81. The Labute approximate surface area is 157 Å². The van der Waals surface area contributed by atoms with Crippen molar-refractivity contribution in [3.05, 3.63) is 47.0 Å². The number of piperidine rings is 1. The van der Waals surface area contributed by atoms with Gasteiger partial charge in [-0.15, -0.1) is 11.3 Å². The number of hydrogen-bond acceptors (Lipinski definition) is 5. The third-order valence-electron chi connectivity index (χ3n) is 4.81. The molecule has 138 valence electrons. The highest BCUT2D eigenvalue weighted by molar-refractivity contribution is 7.15. The van der Waals surface area contributed by atoms with Gasteiger partial charge in [0.2, 0.25) is 11.8 Å². The molecule has 26 heavy (non-hydrogen) atoms. The lowest BCUT2D eigenvalue weighted by Crippen LogP contribution is -2.45. The Kier molecular flexibility index (Phi) is 6.00. The van der Waals surface area contributed by atoms with Gasteiger partial charge in [-0.2, -0.15) is 0 Å². The number of amides is 2. The van der Waals surface area contributed by atoms with Crippen molar-refractivity contribution in [1.29, 1.82) is 0 Å². The zero-order chi connectivity index (χ0) is 18.5. The van der Waals surface area contributed by atoms with E-state index in [0.29, 0.717) is 5.13 Å². The average molecular weight is 372 g/mol. The number of carbonyl (C=O) groups excluding carboxylic acids is 2. The summed E-state index contributed by atoms with van der Waals surface area (Å²) in [5, 5.41) is 6.92. The Morgan fingerprint density at radius 1 is 1.38 bits per heavy atom. The van der Waals surface area contributed by atoms with Crippen LogP contribution in [0.3, 0.4) is 0 Å². The smallest absolute Gasteiger partial charge is 0.223 e. The number of aromatic nitrogens is 1. The van der Waals surface area contributed by atoms with E-state index in [9.17, 15) is 9.59 Å². The Bertz CT molecular complexity index is 762. The van der Waals surface area contributed by atoms with Crippen LogP contribution in [0.1, 0.15) is 36.1 Å². The molecule has 1 aromatic heterocycles. The molecule has 1 fully saturated rings. The SMILES string of the molecule is CC(=O)Nc1ncc(CC(c2ccccc2)C2CC(C(N)=O)CCN2)s1. The lowest BCUT2D eigenvalue weighted by atomic mass is 9.80. The van der Waals surface area contributed by atoms with Crippen LogP contribution in [0.4, 0.5) is 5.13 Å². The zero-order valence-corrected chi connectivity index (χ0v) is 15.6. The fraction of sp³-hybridized carbons (Fsp3) is 0.421. The first-order chi connectivity index (χ1) is 12.5. The molecule has 6 nitrogen and oxygen atoms in total. The van der Waals surface area contributed by atoms with Crippen molar-refractivity contribution in [2.45, 2.75) is 38.1 Å². The van der Waals surface area contributed by atoms with Crippen LogP contribution in [0.2, 0.25) is 0 Å². The summed E-state index contributed by atoms with van der Waals surface area (Å²) in [5.74, 6) is -0.203. The first kappa shape index (κ1) is 18.5. The molecule has 0 radical (unpaired) electrons. The van der Waals surface area contributed by atoms with Crippen LogP contribution in [-0.2, 0) is 16.0 Å². The number of benzene rings is 1. The number of nitrogens with one attached hydrogen (secondary N) is 2. The van der Waals surface area contributed by atoms with Gasteiger partial charge in [0.05, 0.1) is 0 Å². The van der Waals surface area contributed by atoms with Gasteiger partial charge >= 0.3 is 0 Å². The molecular formula is C19H24N4O2S. The van der Waals surface area contributed by atoms with Crippen LogP contribution >= 0.6 is 11.3 Å². The maximum absolute atomic E-state index is 11.7. The van der Waals surface area contributed by atoms with Gasteiger partial charge in [0.25, 0.3) is 0 Å². The number of nitrogens with two attached hydrogens (primary N) is 1. The number of nitrogens with zero attached hydrogens (tertiary/aromatic N) is 1. The first-order valence-corrected chi connectivity index (χ1v) is 9.64. The summed E-state index contributed by atoms with van der Waals surface area (Å²) in [7, 11) is 0. The molecule has 4 N–H and O–H groups in total. The second kappa shape index (κ2) is 8.42. The quantitative estimate of drug-likeness (QED) is 0.725. The fourth-order valence-corrected chi connectivity index (χ4v) is 4.45. The first-order valence-electron chi connectivity index (χ1n) is 8.83. The zero-order valence-electron chi connectivity index (χ0n) is 14.8. The monoisotopic (exact) mass is 372 g/mol. The molecule has 3 rings (SSSR count). The topological polar surface area (TPSA) is 97.1 Å². The molecule has 0 spiro atoms. The molecule has 0 saturated carbocycles. The van der Waals surface area contributed by atoms with Crippen LogP contribution < -0.4 is 16.4 Å². The van der Waals surface area contributed by atoms with Crippen molar-refractivity contribution in [2.24, 2.45) is 11.7 Å². The third kappa shape index (κ3) is 4.68. The van der Waals surface area contributed by atoms with Crippen molar-refractivity contribution in [1.82, 2.24) is 10.3 Å². The number of thiazole rings is 1. The highest BCUT2D eigenvalue weighted by Gasteiger charge is 2.31. The van der Waals surface area contributed by atoms with Gasteiger partial charge in [-0.25, -0.2) is 4.98 Å². The van der Waals surface area contributed by atoms with Crippen molar-refractivity contribution in [3.8, 4) is 0 Å². The van der Waals surface area contributed by atoms with E-state index in [2.05, 4.69) is 27.8 Å². The minimum atomic E-state index is -0.214. The fourth-order valence-electron chi connectivity index (χ4n) is 3.54. The maximum atomic E-state index is 11.7. The largest absolute Gasteiger partial charge is 0.369 e. The third-order valence-corrected chi connectivity index (χ3v) is 5.75. The van der Waals surface area contributed by atoms with E-state index in [0.717, 1.165) is 30.7 Å². The summed E-state index contributed by atoms with van der Waals surface area (Å²) < 4.78 is 0. The average Bonchev–Trinajstić information content (AvgIpc) is 3.07. The van der Waals surface area contributed by atoms with E-state index in [1.807, 2.05) is 24.4 Å². The lowest BCUT2D eigenvalue weighted by molar-refractivity contribution is -0.123. The number of anilines is 1. The number of hydrogen-bond donors (Lipinski definition) is 3. The highest BCUT2D eigenvalue weighted by atomic mass is 32.1. The van der Waals surface area contributed by atoms with Crippen molar-refractivity contribution in [2.75, 3.05) is 11.9 Å². The second-order valence-corrected chi connectivity index (χ2v) is 7.83. The van der Waals surface area contributed by atoms with E-state index in [1.54, 1.807) is 0 Å². The van der Waals surface area contributed by atoms with Crippen LogP contribution in [0.15, 0.2) is 36.5 Å². The van der Waals surface area contributed by atoms with Crippen molar-refractivity contribution in [3.63, 3.8) is 0 Å². The van der Waals surface area contributed by atoms with Crippen molar-refractivity contribution < 1.29 is 9.59 Å². The van der Waals surface area contributed by atoms with Gasteiger partial charge in [-0.1, -0.05) is 30.3 Å². The minimum absolute atomic E-state index is 0.0798. The van der Waals surface area contributed by atoms with Gasteiger partial charge < -0.3 is 16.4 Å². The summed E-state index contributed by atoms with van der Waals surface area (Å²) in [6.45, 7) is 2.27. The molecule has 1 aliphatic rings. The Morgan fingerprint density at radius 2 is 2.15 bits per heavy atom. The molecule has 7 heteroatoms. The molecular weight excluding hydrogens is 348 g/mol. The molecule has 0 aliphatic carbocycles. The van der Waals surface area contributed by atoms with Crippen LogP contribution in [-0.4, -0.2) is 29.4 Å². The molecule has 2 heterocycles. The van der Waals surface area contributed by atoms with Gasteiger partial charge in [-0.05, 0) is 31.4 Å². The van der Waals surface area contributed by atoms with Crippen LogP contribution in [0.5, 0.6) is 0 Å². The van der Waals surface area contributed by atoms with Crippen LogP contribution in [0, 0.1) is 5.92 Å². The Hall–Kier alpha value is -2.25. The Morgan fingerprint density at radius 3 is 2.85 bits per heavy atom. The summed E-state index contributed by atoms with van der Waals surface area (Å²) in [5.41, 5.74) is 6.78. The van der Waals surface area contributed by atoms with Crippen LogP contribution in [0.25, 0.3) is 0 Å². The summed E-state index contributed by atoms with van der Waals surface area (Å²) in [6.07, 6.45) is 4.15. The van der Waals surface area contributed by atoms with Gasteiger partial charge in [0, 0.05) is 35.9 Å². The molecule has 1 saturated heterocycles. The normalized spacial score (nSPS) is 21.1. The van der Waals surface area contributed by atoms with E-state index in [1.165, 1.54) is 23.8 Å². The number of rotatable bonds is 6. The summed E-state index contributed by atoms with van der Waals surface area (Å²) >= 11 is 1.49. The maximum Gasteiger partial charge on any atom is 0.223 e. The molecule has 2 aromatic rings. The summed E-state index contributed by atoms with van der Waals surface area (Å²) in [4.78, 5) is 28.3. The minimum Gasteiger partial charge on any atom is -0.369 e. The standard InChI is InChI=1S/C19H24N4O2S/c1-12(24)23-19-22-11-15(26-19)10-16(13-5-3-2-4-6-13)17-9-14(18(20)25)7-8-21-17/h2-6,11,14,16-17,21H,7-10H2,1H3,(H2,20,25)(H,22,23,24). The summed E-state index contributed by atoms with van der Waals surface area (Å²) in [6, 6.07) is 10.5. The predicted octanol–water partition coefficient (Wildman–Crippen LogP) is 2.28. The molecule has 0 bridgehead atoms. The highest BCUT2D eigenvalue weighted by Crippen LogP contribution is 2.33. The number of carbonyl (C=O) groups is 2. The molecule has 1 aromatic carbocycles. The van der Waals surface area contributed by atoms with E-state index >= 15 is 0 Å². The predicted molar refractivity (Wildman–Crippen MR) is 103 cm³/mol. The lowest BCUT2D eigenvalue weighted by Gasteiger charge is -2.34. The van der Waals surface area contributed by atoms with E-state index in [4.69, 9.17) is 5.73 Å². The molecule has 1 aliphatic heterocycles. The van der Waals surface area contributed by atoms with Gasteiger partial charge in [0.15, 0.2) is 5.13 Å². The van der Waals surface area contributed by atoms with E-state index in [-0.39, 0.29) is 29.7 Å². The van der Waals surface area contributed by atoms with Gasteiger partial charge in [-0.3, -0.25) is 9.59 Å². The van der Waals surface area contributed by atoms with Crippen molar-refractivity contribution >= 4 is 28.3 Å². The second-order valence-electron chi connectivity index (χ2n) is 6.72. The van der Waals surface area contributed by atoms with Gasteiger partial charge in [0.1, 0.15) is 0 Å². The molecule has 2 amide bonds. The molecule has 3 atom stereocenters.